The molecule has 5 nitrogen and oxygen atoms in total. The Balaban J connectivity index is 2.30. The third-order valence-corrected chi connectivity index (χ3v) is 2.91. The van der Waals surface area contributed by atoms with Gasteiger partial charge in [0.25, 0.3) is 0 Å². The van der Waals surface area contributed by atoms with Gasteiger partial charge in [-0.15, -0.1) is 0 Å². The minimum absolute atomic E-state index is 0.163. The van der Waals surface area contributed by atoms with Crippen molar-refractivity contribution in [3.8, 4) is 0 Å². The molecule has 0 aliphatic heterocycles. The molecule has 0 saturated carbocycles. The van der Waals surface area contributed by atoms with E-state index in [-0.39, 0.29) is 5.69 Å². The molecule has 2 rings (SSSR count). The van der Waals surface area contributed by atoms with Crippen LogP contribution in [0.2, 0.25) is 5.02 Å². The second kappa shape index (κ2) is 4.73. The number of rotatable bonds is 3. The van der Waals surface area contributed by atoms with Crippen LogP contribution in [0.1, 0.15) is 11.1 Å². The molecule has 0 unspecified atom stereocenters. The van der Waals surface area contributed by atoms with E-state index in [1.54, 1.807) is 7.05 Å². The summed E-state index contributed by atoms with van der Waals surface area (Å²) < 4.78 is 2.78. The van der Waals surface area contributed by atoms with E-state index < -0.39 is 0 Å². The van der Waals surface area contributed by atoms with Crippen molar-refractivity contribution in [2.75, 3.05) is 0 Å². The third kappa shape index (κ3) is 2.40. The van der Waals surface area contributed by atoms with Gasteiger partial charge in [0, 0.05) is 18.6 Å². The second-order valence-corrected chi connectivity index (χ2v) is 4.22. The third-order valence-electron chi connectivity index (χ3n) is 2.56. The number of hydrogen-bond acceptors (Lipinski definition) is 3. The van der Waals surface area contributed by atoms with Crippen LogP contribution < -0.4 is 11.4 Å². The lowest BCUT2D eigenvalue weighted by Crippen LogP contribution is -2.23. The molecule has 2 aromatic rings. The minimum atomic E-state index is -0.163. The van der Waals surface area contributed by atoms with E-state index in [0.29, 0.717) is 18.1 Å². The fourth-order valence-corrected chi connectivity index (χ4v) is 1.80. The van der Waals surface area contributed by atoms with Crippen molar-refractivity contribution < 1.29 is 0 Å². The van der Waals surface area contributed by atoms with Gasteiger partial charge in [-0.05, 0) is 17.2 Å². The zero-order valence-corrected chi connectivity index (χ0v) is 10.2. The van der Waals surface area contributed by atoms with Gasteiger partial charge >= 0.3 is 5.69 Å². The van der Waals surface area contributed by atoms with Crippen LogP contribution in [-0.2, 0) is 20.1 Å². The number of aryl methyl sites for hydroxylation is 1. The smallest absolute Gasteiger partial charge is 0.326 e. The van der Waals surface area contributed by atoms with Crippen LogP contribution in [0.25, 0.3) is 0 Å². The summed E-state index contributed by atoms with van der Waals surface area (Å²) in [6, 6.07) is 5.58. The summed E-state index contributed by atoms with van der Waals surface area (Å²) in [6.45, 7) is 0.812. The molecule has 0 spiro atoms. The number of hydrogen-bond donors (Lipinski definition) is 1. The van der Waals surface area contributed by atoms with Crippen LogP contribution in [-0.4, -0.2) is 14.3 Å². The molecule has 1 heterocycles. The molecule has 0 amide bonds. The molecule has 0 aliphatic rings. The van der Waals surface area contributed by atoms with Gasteiger partial charge in [0.15, 0.2) is 0 Å². The van der Waals surface area contributed by atoms with Gasteiger partial charge in [0.1, 0.15) is 6.33 Å². The first-order valence-electron chi connectivity index (χ1n) is 5.17. The molecule has 1 aromatic heterocycles. The van der Waals surface area contributed by atoms with Gasteiger partial charge in [-0.25, -0.2) is 9.48 Å². The summed E-state index contributed by atoms with van der Waals surface area (Å²) in [4.78, 5) is 11.6. The molecular weight excluding hydrogens is 240 g/mol. The van der Waals surface area contributed by atoms with Gasteiger partial charge in [-0.2, -0.15) is 5.10 Å². The van der Waals surface area contributed by atoms with Crippen molar-refractivity contribution in [2.24, 2.45) is 12.8 Å². The molecule has 2 N–H and O–H groups in total. The van der Waals surface area contributed by atoms with Crippen molar-refractivity contribution in [1.29, 1.82) is 0 Å². The standard InChI is InChI=1S/C11H13ClN4O/c1-15-7-14-16(11(15)17)6-9-3-2-8(5-13)4-10(9)12/h2-4,7H,5-6,13H2,1H3. The summed E-state index contributed by atoms with van der Waals surface area (Å²) >= 11 is 6.11. The fraction of sp³-hybridized carbons (Fsp3) is 0.273. The highest BCUT2D eigenvalue weighted by Crippen LogP contribution is 2.18. The molecular formula is C11H13ClN4O. The quantitative estimate of drug-likeness (QED) is 0.876. The van der Waals surface area contributed by atoms with E-state index in [9.17, 15) is 4.79 Å². The first-order valence-corrected chi connectivity index (χ1v) is 5.55. The number of nitrogens with two attached hydrogens (primary N) is 1. The summed E-state index contributed by atoms with van der Waals surface area (Å²) in [5.41, 5.74) is 7.17. The molecule has 0 atom stereocenters. The largest absolute Gasteiger partial charge is 0.345 e. The Labute approximate surface area is 103 Å². The molecule has 90 valence electrons. The van der Waals surface area contributed by atoms with E-state index in [1.165, 1.54) is 15.6 Å². The van der Waals surface area contributed by atoms with Crippen LogP contribution in [0.4, 0.5) is 0 Å². The Bertz CT molecular complexity index is 587. The molecule has 0 aliphatic carbocycles. The summed E-state index contributed by atoms with van der Waals surface area (Å²) in [7, 11) is 1.66. The van der Waals surface area contributed by atoms with E-state index >= 15 is 0 Å². The number of halogens is 1. The van der Waals surface area contributed by atoms with Gasteiger partial charge < -0.3 is 5.73 Å². The zero-order chi connectivity index (χ0) is 12.4. The molecule has 0 bridgehead atoms. The Morgan fingerprint density at radius 1 is 1.47 bits per heavy atom. The van der Waals surface area contributed by atoms with Crippen LogP contribution in [0.15, 0.2) is 29.3 Å². The summed E-state index contributed by atoms with van der Waals surface area (Å²) in [6.07, 6.45) is 1.48. The maximum Gasteiger partial charge on any atom is 0.345 e. The monoisotopic (exact) mass is 252 g/mol. The lowest BCUT2D eigenvalue weighted by molar-refractivity contribution is 0.646. The lowest BCUT2D eigenvalue weighted by atomic mass is 10.1. The maximum atomic E-state index is 11.6. The summed E-state index contributed by atoms with van der Waals surface area (Å²) in [5, 5.41) is 4.58. The van der Waals surface area contributed by atoms with Crippen LogP contribution in [0, 0.1) is 0 Å². The van der Waals surface area contributed by atoms with Crippen LogP contribution in [0.3, 0.4) is 0 Å². The molecule has 6 heteroatoms. The molecule has 0 fully saturated rings. The van der Waals surface area contributed by atoms with Gasteiger partial charge in [0.2, 0.25) is 0 Å². The molecule has 17 heavy (non-hydrogen) atoms. The van der Waals surface area contributed by atoms with Crippen LogP contribution in [0.5, 0.6) is 0 Å². The first kappa shape index (κ1) is 11.9. The zero-order valence-electron chi connectivity index (χ0n) is 9.43. The average Bonchev–Trinajstić information content (AvgIpc) is 2.63. The Kier molecular flexibility index (Phi) is 3.31. The van der Waals surface area contributed by atoms with Crippen LogP contribution >= 0.6 is 11.6 Å². The first-order chi connectivity index (χ1) is 8.11. The highest BCUT2D eigenvalue weighted by Gasteiger charge is 2.06. The highest BCUT2D eigenvalue weighted by atomic mass is 35.5. The Hall–Kier alpha value is -1.59. The van der Waals surface area contributed by atoms with E-state index in [0.717, 1.165) is 11.1 Å². The SMILES string of the molecule is Cn1cnn(Cc2ccc(CN)cc2Cl)c1=O. The van der Waals surface area contributed by atoms with Gasteiger partial charge in [0.05, 0.1) is 6.54 Å². The number of benzene rings is 1. The number of nitrogens with zero attached hydrogens (tertiary/aromatic N) is 3. The minimum Gasteiger partial charge on any atom is -0.326 e. The molecule has 0 radical (unpaired) electrons. The summed E-state index contributed by atoms with van der Waals surface area (Å²) in [5.74, 6) is 0. The normalized spacial score (nSPS) is 10.8. The Morgan fingerprint density at radius 3 is 2.76 bits per heavy atom. The topological polar surface area (TPSA) is 65.8 Å². The van der Waals surface area contributed by atoms with Crippen molar-refractivity contribution in [3.05, 3.63) is 51.2 Å². The predicted molar refractivity (Wildman–Crippen MR) is 65.9 cm³/mol. The Morgan fingerprint density at radius 2 is 2.24 bits per heavy atom. The fourth-order valence-electron chi connectivity index (χ4n) is 1.54. The van der Waals surface area contributed by atoms with Crippen molar-refractivity contribution in [2.45, 2.75) is 13.1 Å². The highest BCUT2D eigenvalue weighted by molar-refractivity contribution is 6.31. The van der Waals surface area contributed by atoms with Crippen molar-refractivity contribution in [3.63, 3.8) is 0 Å². The average molecular weight is 253 g/mol. The van der Waals surface area contributed by atoms with E-state index in [4.69, 9.17) is 17.3 Å². The molecule has 0 saturated heterocycles. The van der Waals surface area contributed by atoms with Crippen molar-refractivity contribution >= 4 is 11.6 Å². The van der Waals surface area contributed by atoms with Crippen molar-refractivity contribution in [1.82, 2.24) is 14.3 Å². The molecule has 1 aromatic carbocycles. The van der Waals surface area contributed by atoms with E-state index in [2.05, 4.69) is 5.10 Å². The van der Waals surface area contributed by atoms with Gasteiger partial charge in [-0.1, -0.05) is 23.7 Å². The predicted octanol–water partition coefficient (Wildman–Crippen LogP) is 0.742. The number of aromatic nitrogens is 3. The van der Waals surface area contributed by atoms with Gasteiger partial charge in [-0.3, -0.25) is 4.57 Å². The maximum absolute atomic E-state index is 11.6. The lowest BCUT2D eigenvalue weighted by Gasteiger charge is -2.05. The van der Waals surface area contributed by atoms with E-state index in [1.807, 2.05) is 18.2 Å². The second-order valence-electron chi connectivity index (χ2n) is 3.81.